The van der Waals surface area contributed by atoms with Crippen LogP contribution in [0.15, 0.2) is 59.3 Å². The van der Waals surface area contributed by atoms with E-state index in [-0.39, 0.29) is 0 Å². The summed E-state index contributed by atoms with van der Waals surface area (Å²) in [5.74, 6) is 0. The van der Waals surface area contributed by atoms with Crippen LogP contribution in [0.3, 0.4) is 0 Å². The second kappa shape index (κ2) is 8.19. The molecule has 8 heteroatoms. The fourth-order valence-corrected chi connectivity index (χ4v) is 3.09. The molecule has 2 N–H and O–H groups in total. The second-order valence-electron chi connectivity index (χ2n) is 5.26. The molecule has 0 aliphatic carbocycles. The minimum absolute atomic E-state index is 0.470. The molecule has 1 heterocycles. The van der Waals surface area contributed by atoms with Crippen molar-refractivity contribution in [3.8, 4) is 0 Å². The van der Waals surface area contributed by atoms with E-state index in [0.29, 0.717) is 21.7 Å². The number of hydrogen-bond acceptors (Lipinski definition) is 2. The second-order valence-corrected chi connectivity index (χ2v) is 7.40. The van der Waals surface area contributed by atoms with Gasteiger partial charge < -0.3 is 10.6 Å². The van der Waals surface area contributed by atoms with Crippen LogP contribution in [-0.2, 0) is 6.54 Å². The van der Waals surface area contributed by atoms with E-state index < -0.39 is 0 Å². The molecule has 4 nitrogen and oxygen atoms in total. The van der Waals surface area contributed by atoms with Crippen LogP contribution in [0.1, 0.15) is 5.56 Å². The van der Waals surface area contributed by atoms with Crippen molar-refractivity contribution >= 4 is 67.8 Å². The number of nitrogens with one attached hydrogen (secondary N) is 2. The summed E-state index contributed by atoms with van der Waals surface area (Å²) in [4.78, 5) is 0. The Morgan fingerprint density at radius 2 is 1.84 bits per heavy atom. The zero-order valence-electron chi connectivity index (χ0n) is 12.8. The van der Waals surface area contributed by atoms with E-state index in [1.165, 1.54) is 0 Å². The zero-order chi connectivity index (χ0) is 17.8. The maximum Gasteiger partial charge on any atom is 0.175 e. The van der Waals surface area contributed by atoms with E-state index in [0.717, 1.165) is 21.4 Å². The third-order valence-corrected chi connectivity index (χ3v) is 4.66. The van der Waals surface area contributed by atoms with E-state index >= 15 is 0 Å². The van der Waals surface area contributed by atoms with Crippen LogP contribution < -0.4 is 10.6 Å². The van der Waals surface area contributed by atoms with Crippen LogP contribution in [0.4, 0.5) is 11.4 Å². The largest absolute Gasteiger partial charge is 0.332 e. The van der Waals surface area contributed by atoms with Crippen molar-refractivity contribution in [2.24, 2.45) is 0 Å². The van der Waals surface area contributed by atoms with Crippen molar-refractivity contribution in [3.05, 3.63) is 74.9 Å². The summed E-state index contributed by atoms with van der Waals surface area (Å²) in [6.45, 7) is 0.675. The van der Waals surface area contributed by atoms with Gasteiger partial charge in [-0.05, 0) is 64.0 Å². The molecule has 128 valence electrons. The minimum Gasteiger partial charge on any atom is -0.332 e. The first kappa shape index (κ1) is 18.2. The summed E-state index contributed by atoms with van der Waals surface area (Å²) >= 11 is 20.7. The van der Waals surface area contributed by atoms with Gasteiger partial charge >= 0.3 is 0 Å². The topological polar surface area (TPSA) is 41.9 Å². The molecular formula is C17H13BrCl2N4S. The van der Waals surface area contributed by atoms with Gasteiger partial charge in [-0.15, -0.1) is 0 Å². The highest BCUT2D eigenvalue weighted by Crippen LogP contribution is 2.25. The van der Waals surface area contributed by atoms with E-state index in [4.69, 9.17) is 35.4 Å². The highest BCUT2D eigenvalue weighted by molar-refractivity contribution is 9.10. The predicted molar refractivity (Wildman–Crippen MR) is 112 cm³/mol. The van der Waals surface area contributed by atoms with Crippen LogP contribution in [0.25, 0.3) is 0 Å². The maximum atomic E-state index is 6.01. The first-order valence-corrected chi connectivity index (χ1v) is 9.25. The predicted octanol–water partition coefficient (Wildman–Crippen LogP) is 5.81. The Kier molecular flexibility index (Phi) is 5.96. The van der Waals surface area contributed by atoms with Gasteiger partial charge in [-0.2, -0.15) is 5.10 Å². The van der Waals surface area contributed by atoms with Gasteiger partial charge in [0.05, 0.1) is 27.3 Å². The number of nitrogens with zero attached hydrogens (tertiary/aromatic N) is 2. The van der Waals surface area contributed by atoms with Crippen molar-refractivity contribution in [3.63, 3.8) is 0 Å². The molecule has 0 unspecified atom stereocenters. The summed E-state index contributed by atoms with van der Waals surface area (Å²) < 4.78 is 2.81. The number of benzene rings is 2. The van der Waals surface area contributed by atoms with E-state index in [2.05, 4.69) is 31.7 Å². The van der Waals surface area contributed by atoms with Crippen LogP contribution >= 0.6 is 51.3 Å². The fraction of sp³-hybridized carbons (Fsp3) is 0.0588. The Balaban J connectivity index is 1.64. The SMILES string of the molecule is S=C(Nc1cccc(Cn2cc(Br)cn2)c1)Nc1ccc(Cl)c(Cl)c1. The Morgan fingerprint density at radius 1 is 1.08 bits per heavy atom. The molecule has 0 radical (unpaired) electrons. The zero-order valence-corrected chi connectivity index (χ0v) is 16.8. The van der Waals surface area contributed by atoms with Crippen molar-refractivity contribution in [2.45, 2.75) is 6.54 Å². The molecule has 0 aliphatic rings. The molecule has 1 aromatic heterocycles. The molecule has 2 aromatic carbocycles. The number of aromatic nitrogens is 2. The van der Waals surface area contributed by atoms with Gasteiger partial charge in [0.2, 0.25) is 0 Å². The third-order valence-electron chi connectivity index (χ3n) is 3.31. The molecule has 0 saturated heterocycles. The molecule has 25 heavy (non-hydrogen) atoms. The Labute approximate surface area is 169 Å². The monoisotopic (exact) mass is 454 g/mol. The van der Waals surface area contributed by atoms with Crippen LogP contribution in [-0.4, -0.2) is 14.9 Å². The average molecular weight is 456 g/mol. The van der Waals surface area contributed by atoms with Crippen molar-refractivity contribution in [2.75, 3.05) is 10.6 Å². The lowest BCUT2D eigenvalue weighted by Gasteiger charge is -2.12. The summed E-state index contributed by atoms with van der Waals surface area (Å²) in [5.41, 5.74) is 2.77. The lowest BCUT2D eigenvalue weighted by molar-refractivity contribution is 0.687. The van der Waals surface area contributed by atoms with E-state index in [9.17, 15) is 0 Å². The molecule has 0 atom stereocenters. The number of thiocarbonyl (C=S) groups is 1. The Hall–Kier alpha value is -1.60. The molecular weight excluding hydrogens is 443 g/mol. The summed E-state index contributed by atoms with van der Waals surface area (Å²) in [7, 11) is 0. The Bertz CT molecular complexity index is 913. The molecule has 3 aromatic rings. The smallest absolute Gasteiger partial charge is 0.175 e. The van der Waals surface area contributed by atoms with Crippen LogP contribution in [0, 0.1) is 0 Å². The third kappa shape index (κ3) is 5.19. The number of anilines is 2. The van der Waals surface area contributed by atoms with Crippen LogP contribution in [0.2, 0.25) is 10.0 Å². The number of hydrogen-bond donors (Lipinski definition) is 2. The fourth-order valence-electron chi connectivity index (χ4n) is 2.23. The van der Waals surface area contributed by atoms with E-state index in [1.54, 1.807) is 18.3 Å². The van der Waals surface area contributed by atoms with Crippen LogP contribution in [0.5, 0.6) is 0 Å². The average Bonchev–Trinajstić information content (AvgIpc) is 2.96. The van der Waals surface area contributed by atoms with Gasteiger partial charge in [0.15, 0.2) is 5.11 Å². The summed E-state index contributed by atoms with van der Waals surface area (Å²) in [6.07, 6.45) is 3.69. The number of halogens is 3. The molecule has 0 spiro atoms. The minimum atomic E-state index is 0.470. The first-order valence-electron chi connectivity index (χ1n) is 7.29. The van der Waals surface area contributed by atoms with Crippen molar-refractivity contribution in [1.29, 1.82) is 0 Å². The van der Waals surface area contributed by atoms with Gasteiger partial charge in [0.1, 0.15) is 0 Å². The lowest BCUT2D eigenvalue weighted by atomic mass is 10.2. The van der Waals surface area contributed by atoms with Gasteiger partial charge in [-0.25, -0.2) is 0 Å². The molecule has 0 bridgehead atoms. The molecule has 0 fully saturated rings. The van der Waals surface area contributed by atoms with Gasteiger partial charge in [0.25, 0.3) is 0 Å². The summed E-state index contributed by atoms with van der Waals surface area (Å²) in [6, 6.07) is 13.2. The van der Waals surface area contributed by atoms with Gasteiger partial charge in [-0.3, -0.25) is 4.68 Å². The molecule has 0 amide bonds. The first-order chi connectivity index (χ1) is 12.0. The standard InChI is InChI=1S/C17H13BrCl2N4S/c18-12-8-21-24(10-12)9-11-2-1-3-13(6-11)22-17(25)23-14-4-5-15(19)16(20)7-14/h1-8,10H,9H2,(H2,22,23,25). The molecule has 3 rings (SSSR count). The van der Waals surface area contributed by atoms with Gasteiger partial charge in [0, 0.05) is 17.6 Å². The Morgan fingerprint density at radius 3 is 2.52 bits per heavy atom. The van der Waals surface area contributed by atoms with Crippen molar-refractivity contribution in [1.82, 2.24) is 9.78 Å². The summed E-state index contributed by atoms with van der Waals surface area (Å²) in [5, 5.41) is 12.0. The van der Waals surface area contributed by atoms with E-state index in [1.807, 2.05) is 41.2 Å². The molecule has 0 aliphatic heterocycles. The maximum absolute atomic E-state index is 6.01. The lowest BCUT2D eigenvalue weighted by Crippen LogP contribution is -2.19. The normalized spacial score (nSPS) is 10.5. The van der Waals surface area contributed by atoms with Crippen molar-refractivity contribution < 1.29 is 0 Å². The van der Waals surface area contributed by atoms with Gasteiger partial charge in [-0.1, -0.05) is 35.3 Å². The molecule has 0 saturated carbocycles. The quantitative estimate of drug-likeness (QED) is 0.487. The highest BCUT2D eigenvalue weighted by atomic mass is 79.9. The number of rotatable bonds is 4. The highest BCUT2D eigenvalue weighted by Gasteiger charge is 2.04.